The Bertz CT molecular complexity index is 756. The molecule has 0 aliphatic heterocycles. The monoisotopic (exact) mass is 310 g/mol. The highest BCUT2D eigenvalue weighted by Crippen LogP contribution is 2.39. The summed E-state index contributed by atoms with van der Waals surface area (Å²) in [4.78, 5) is 13.4. The molecule has 0 bridgehead atoms. The van der Waals surface area contributed by atoms with Crippen LogP contribution in [0.15, 0.2) is 24.3 Å². The van der Waals surface area contributed by atoms with Crippen molar-refractivity contribution in [3.05, 3.63) is 29.8 Å². The van der Waals surface area contributed by atoms with Crippen molar-refractivity contribution >= 4 is 5.91 Å². The molecule has 1 heterocycles. The lowest BCUT2D eigenvalue weighted by molar-refractivity contribution is -0.123. The van der Waals surface area contributed by atoms with Crippen LogP contribution in [0.4, 0.5) is 0 Å². The first-order valence-electron chi connectivity index (χ1n) is 7.57. The first kappa shape index (κ1) is 15.2. The van der Waals surface area contributed by atoms with Gasteiger partial charge in [-0.15, -0.1) is 10.2 Å². The van der Waals surface area contributed by atoms with Gasteiger partial charge in [-0.2, -0.15) is 10.1 Å². The van der Waals surface area contributed by atoms with Crippen molar-refractivity contribution in [1.29, 1.82) is 5.26 Å². The van der Waals surface area contributed by atoms with Gasteiger partial charge in [0.2, 0.25) is 11.7 Å². The van der Waals surface area contributed by atoms with Crippen molar-refractivity contribution in [3.8, 4) is 17.5 Å². The fraction of sp³-hybridized carbons (Fsp3) is 0.438. The first-order valence-corrected chi connectivity index (χ1v) is 7.57. The largest absolute Gasteiger partial charge is 0.336 e. The van der Waals surface area contributed by atoms with Crippen molar-refractivity contribution in [2.45, 2.75) is 38.8 Å². The fourth-order valence-electron chi connectivity index (χ4n) is 2.47. The van der Waals surface area contributed by atoms with E-state index >= 15 is 0 Å². The number of rotatable bonds is 5. The Morgan fingerprint density at radius 2 is 2.13 bits per heavy atom. The molecule has 2 aromatic rings. The minimum absolute atomic E-state index is 0.0527. The Hall–Kier alpha value is -2.75. The van der Waals surface area contributed by atoms with E-state index in [-0.39, 0.29) is 18.4 Å². The van der Waals surface area contributed by atoms with Gasteiger partial charge in [0.15, 0.2) is 0 Å². The lowest BCUT2D eigenvalue weighted by Gasteiger charge is -2.22. The predicted octanol–water partition coefficient (Wildman–Crippen LogP) is 1.46. The van der Waals surface area contributed by atoms with E-state index in [0.717, 1.165) is 24.0 Å². The zero-order valence-corrected chi connectivity index (χ0v) is 13.2. The van der Waals surface area contributed by atoms with Gasteiger partial charge in [-0.05, 0) is 37.8 Å². The SMILES string of the molecule is Cc1ccc(-c2nnn(CC(=O)N[C@@](C)(C#N)C3CC3)n2)cc1. The zero-order chi connectivity index (χ0) is 16.4. The molecule has 7 heteroatoms. The van der Waals surface area contributed by atoms with Crippen molar-refractivity contribution in [2.75, 3.05) is 0 Å². The van der Waals surface area contributed by atoms with Crippen molar-refractivity contribution in [3.63, 3.8) is 0 Å². The van der Waals surface area contributed by atoms with Crippen LogP contribution in [0.1, 0.15) is 25.3 Å². The number of carbonyl (C=O) groups is 1. The van der Waals surface area contributed by atoms with Gasteiger partial charge in [0.1, 0.15) is 12.1 Å². The molecule has 118 valence electrons. The summed E-state index contributed by atoms with van der Waals surface area (Å²) >= 11 is 0. The smallest absolute Gasteiger partial charge is 0.244 e. The molecule has 1 amide bonds. The molecule has 7 nitrogen and oxygen atoms in total. The van der Waals surface area contributed by atoms with E-state index in [4.69, 9.17) is 0 Å². The van der Waals surface area contributed by atoms with Crippen LogP contribution in [0.25, 0.3) is 11.4 Å². The number of tetrazole rings is 1. The molecule has 1 fully saturated rings. The molecule has 0 saturated heterocycles. The Balaban J connectivity index is 1.66. The summed E-state index contributed by atoms with van der Waals surface area (Å²) in [6, 6.07) is 9.96. The van der Waals surface area contributed by atoms with E-state index in [1.807, 2.05) is 31.2 Å². The molecule has 23 heavy (non-hydrogen) atoms. The molecule has 1 atom stereocenters. The molecule has 1 aromatic heterocycles. The van der Waals surface area contributed by atoms with Crippen molar-refractivity contribution in [1.82, 2.24) is 25.5 Å². The Kier molecular flexibility index (Phi) is 3.82. The number of amides is 1. The summed E-state index contributed by atoms with van der Waals surface area (Å²) in [6.45, 7) is 3.71. The highest BCUT2D eigenvalue weighted by molar-refractivity contribution is 5.77. The maximum absolute atomic E-state index is 12.1. The van der Waals surface area contributed by atoms with E-state index in [0.29, 0.717) is 5.82 Å². The number of hydrogen-bond acceptors (Lipinski definition) is 5. The number of nitrogens with zero attached hydrogens (tertiary/aromatic N) is 5. The highest BCUT2D eigenvalue weighted by Gasteiger charge is 2.43. The summed E-state index contributed by atoms with van der Waals surface area (Å²) in [5.74, 6) is 0.431. The molecule has 0 radical (unpaired) electrons. The number of carbonyl (C=O) groups excluding carboxylic acids is 1. The van der Waals surface area contributed by atoms with E-state index in [1.165, 1.54) is 4.80 Å². The van der Waals surface area contributed by atoms with Crippen LogP contribution in [-0.2, 0) is 11.3 Å². The summed E-state index contributed by atoms with van der Waals surface area (Å²) in [5.41, 5.74) is 1.19. The van der Waals surface area contributed by atoms with Crippen LogP contribution in [0.3, 0.4) is 0 Å². The third-order valence-corrected chi connectivity index (χ3v) is 4.07. The van der Waals surface area contributed by atoms with E-state index < -0.39 is 5.54 Å². The zero-order valence-electron chi connectivity index (χ0n) is 13.2. The average molecular weight is 310 g/mol. The van der Waals surface area contributed by atoms with Gasteiger partial charge >= 0.3 is 0 Å². The topological polar surface area (TPSA) is 96.5 Å². The van der Waals surface area contributed by atoms with E-state index in [1.54, 1.807) is 6.92 Å². The van der Waals surface area contributed by atoms with Crippen LogP contribution in [0.2, 0.25) is 0 Å². The normalized spacial score (nSPS) is 16.4. The van der Waals surface area contributed by atoms with Gasteiger partial charge in [-0.3, -0.25) is 4.79 Å². The number of benzene rings is 1. The molecule has 3 rings (SSSR count). The molecule has 0 unspecified atom stereocenters. The van der Waals surface area contributed by atoms with Gasteiger partial charge in [0.25, 0.3) is 0 Å². The number of nitrogens with one attached hydrogen (secondary N) is 1. The summed E-state index contributed by atoms with van der Waals surface area (Å²) in [7, 11) is 0. The number of hydrogen-bond donors (Lipinski definition) is 1. The Morgan fingerprint density at radius 3 is 2.74 bits per heavy atom. The minimum atomic E-state index is -0.808. The number of nitriles is 1. The van der Waals surface area contributed by atoms with Crippen molar-refractivity contribution < 1.29 is 4.79 Å². The van der Waals surface area contributed by atoms with Gasteiger partial charge in [0, 0.05) is 5.56 Å². The lowest BCUT2D eigenvalue weighted by Crippen LogP contribution is -2.48. The van der Waals surface area contributed by atoms with Gasteiger partial charge in [-0.25, -0.2) is 0 Å². The van der Waals surface area contributed by atoms with Gasteiger partial charge < -0.3 is 5.32 Å². The summed E-state index contributed by atoms with van der Waals surface area (Å²) < 4.78 is 0. The van der Waals surface area contributed by atoms with Crippen LogP contribution in [0, 0.1) is 24.2 Å². The second-order valence-corrected chi connectivity index (χ2v) is 6.15. The molecule has 1 saturated carbocycles. The standard InChI is InChI=1S/C16H18N6O/c1-11-3-5-12(6-4-11)15-19-21-22(20-15)9-14(23)18-16(2,10-17)13-7-8-13/h3-6,13H,7-9H2,1-2H3,(H,18,23)/t16-/m0/s1. The minimum Gasteiger partial charge on any atom is -0.336 e. The van der Waals surface area contributed by atoms with Crippen LogP contribution in [-0.4, -0.2) is 31.7 Å². The quantitative estimate of drug-likeness (QED) is 0.901. The lowest BCUT2D eigenvalue weighted by atomic mass is 9.98. The first-order chi connectivity index (χ1) is 11.0. The average Bonchev–Trinajstić information content (AvgIpc) is 3.29. The molecular weight excluding hydrogens is 292 g/mol. The molecule has 1 aliphatic rings. The van der Waals surface area contributed by atoms with Gasteiger partial charge in [-0.1, -0.05) is 29.8 Å². The molecule has 0 spiro atoms. The predicted molar refractivity (Wildman–Crippen MR) is 82.9 cm³/mol. The third kappa shape index (κ3) is 3.37. The van der Waals surface area contributed by atoms with E-state index in [9.17, 15) is 10.1 Å². The molecular formula is C16H18N6O. The van der Waals surface area contributed by atoms with Crippen LogP contribution >= 0.6 is 0 Å². The molecule has 1 aliphatic carbocycles. The Labute approximate surface area is 134 Å². The summed E-state index contributed by atoms with van der Waals surface area (Å²) in [6.07, 6.45) is 1.95. The Morgan fingerprint density at radius 1 is 1.43 bits per heavy atom. The third-order valence-electron chi connectivity index (χ3n) is 4.07. The fourth-order valence-corrected chi connectivity index (χ4v) is 2.47. The maximum Gasteiger partial charge on any atom is 0.244 e. The van der Waals surface area contributed by atoms with E-state index in [2.05, 4.69) is 26.8 Å². The second-order valence-electron chi connectivity index (χ2n) is 6.15. The summed E-state index contributed by atoms with van der Waals surface area (Å²) in [5, 5.41) is 24.1. The maximum atomic E-state index is 12.1. The van der Waals surface area contributed by atoms with Crippen LogP contribution < -0.4 is 5.32 Å². The number of aryl methyl sites for hydroxylation is 1. The van der Waals surface area contributed by atoms with Gasteiger partial charge in [0.05, 0.1) is 6.07 Å². The second kappa shape index (κ2) is 5.80. The van der Waals surface area contributed by atoms with Crippen LogP contribution in [0.5, 0.6) is 0 Å². The number of aromatic nitrogens is 4. The molecule has 1 N–H and O–H groups in total. The highest BCUT2D eigenvalue weighted by atomic mass is 16.2. The molecule has 1 aromatic carbocycles. The van der Waals surface area contributed by atoms with Crippen molar-refractivity contribution in [2.24, 2.45) is 5.92 Å².